The Morgan fingerprint density at radius 1 is 0.867 bits per heavy atom. The lowest BCUT2D eigenvalue weighted by Gasteiger charge is -2.20. The van der Waals surface area contributed by atoms with E-state index in [0.717, 1.165) is 16.7 Å². The van der Waals surface area contributed by atoms with Gasteiger partial charge in [0.05, 0.1) is 5.92 Å². The Labute approximate surface area is 177 Å². The summed E-state index contributed by atoms with van der Waals surface area (Å²) in [4.78, 5) is 27.5. The van der Waals surface area contributed by atoms with E-state index >= 15 is 0 Å². The summed E-state index contributed by atoms with van der Waals surface area (Å²) in [5.74, 6) is -0.0931. The highest BCUT2D eigenvalue weighted by atomic mass is 16.2. The standard InChI is InChI=1S/C26H26N2O2/c29-24-16-21(19-28(24)18-20-10-4-1-5-11-20)17-27-26(30)25(22-12-6-2-7-13-22)23-14-8-3-9-15-23/h1-15,21,25H,16-19H2,(H,27,30). The molecule has 4 heteroatoms. The van der Waals surface area contributed by atoms with Gasteiger partial charge in [-0.2, -0.15) is 0 Å². The van der Waals surface area contributed by atoms with Crippen molar-refractivity contribution in [2.75, 3.05) is 13.1 Å². The van der Waals surface area contributed by atoms with Crippen LogP contribution in [0.5, 0.6) is 0 Å². The fourth-order valence-electron chi connectivity index (χ4n) is 4.08. The number of carbonyl (C=O) groups excluding carboxylic acids is 2. The predicted octanol–water partition coefficient (Wildman–Crippen LogP) is 3.98. The molecule has 2 amide bonds. The fourth-order valence-corrected chi connectivity index (χ4v) is 4.08. The molecule has 1 fully saturated rings. The Bertz CT molecular complexity index is 934. The number of nitrogens with one attached hydrogen (secondary N) is 1. The van der Waals surface area contributed by atoms with Crippen molar-refractivity contribution in [3.05, 3.63) is 108 Å². The van der Waals surface area contributed by atoms with Crippen molar-refractivity contribution in [1.82, 2.24) is 10.2 Å². The van der Waals surface area contributed by atoms with Gasteiger partial charge in [0, 0.05) is 32.0 Å². The van der Waals surface area contributed by atoms with Gasteiger partial charge in [-0.15, -0.1) is 0 Å². The molecule has 3 aromatic rings. The van der Waals surface area contributed by atoms with E-state index in [2.05, 4.69) is 5.32 Å². The molecule has 1 saturated heterocycles. The zero-order valence-corrected chi connectivity index (χ0v) is 16.9. The molecule has 0 aliphatic carbocycles. The molecular formula is C26H26N2O2. The number of likely N-dealkylation sites (tertiary alicyclic amines) is 1. The van der Waals surface area contributed by atoms with Crippen LogP contribution in [0.3, 0.4) is 0 Å². The summed E-state index contributed by atoms with van der Waals surface area (Å²) >= 11 is 0. The van der Waals surface area contributed by atoms with Gasteiger partial charge in [0.2, 0.25) is 11.8 Å². The predicted molar refractivity (Wildman–Crippen MR) is 118 cm³/mol. The SMILES string of the molecule is O=C(NCC1CC(=O)N(Cc2ccccc2)C1)C(c1ccccc1)c1ccccc1. The topological polar surface area (TPSA) is 49.4 Å². The second-order valence-corrected chi connectivity index (χ2v) is 7.83. The maximum Gasteiger partial charge on any atom is 0.232 e. The first-order valence-electron chi connectivity index (χ1n) is 10.4. The second-order valence-electron chi connectivity index (χ2n) is 7.83. The third-order valence-electron chi connectivity index (χ3n) is 5.60. The summed E-state index contributed by atoms with van der Waals surface area (Å²) in [5, 5.41) is 3.11. The van der Waals surface area contributed by atoms with Gasteiger partial charge in [-0.3, -0.25) is 9.59 Å². The first-order valence-corrected chi connectivity index (χ1v) is 10.4. The summed E-state index contributed by atoms with van der Waals surface area (Å²) in [6.45, 7) is 1.81. The number of nitrogens with zero attached hydrogens (tertiary/aromatic N) is 1. The van der Waals surface area contributed by atoms with E-state index in [-0.39, 0.29) is 23.7 Å². The summed E-state index contributed by atoms with van der Waals surface area (Å²) < 4.78 is 0. The van der Waals surface area contributed by atoms with E-state index in [4.69, 9.17) is 0 Å². The van der Waals surface area contributed by atoms with Crippen molar-refractivity contribution in [2.24, 2.45) is 5.92 Å². The minimum absolute atomic E-state index is 0.0265. The zero-order chi connectivity index (χ0) is 20.8. The third kappa shape index (κ3) is 4.77. The average molecular weight is 399 g/mol. The fraction of sp³-hybridized carbons (Fsp3) is 0.231. The van der Waals surface area contributed by atoms with Crippen LogP contribution < -0.4 is 5.32 Å². The third-order valence-corrected chi connectivity index (χ3v) is 5.60. The van der Waals surface area contributed by atoms with Gasteiger partial charge in [-0.1, -0.05) is 91.0 Å². The van der Waals surface area contributed by atoms with Crippen molar-refractivity contribution in [3.63, 3.8) is 0 Å². The maximum atomic E-state index is 13.1. The van der Waals surface area contributed by atoms with Crippen molar-refractivity contribution >= 4 is 11.8 Å². The molecular weight excluding hydrogens is 372 g/mol. The summed E-state index contributed by atoms with van der Waals surface area (Å²) in [5.41, 5.74) is 3.06. The van der Waals surface area contributed by atoms with E-state index in [9.17, 15) is 9.59 Å². The molecule has 4 rings (SSSR count). The smallest absolute Gasteiger partial charge is 0.232 e. The van der Waals surface area contributed by atoms with Crippen molar-refractivity contribution in [3.8, 4) is 0 Å². The Kier molecular flexibility index (Phi) is 6.23. The van der Waals surface area contributed by atoms with Gasteiger partial charge in [-0.25, -0.2) is 0 Å². The van der Waals surface area contributed by atoms with Crippen LogP contribution in [-0.4, -0.2) is 29.8 Å². The Morgan fingerprint density at radius 2 is 1.40 bits per heavy atom. The highest BCUT2D eigenvalue weighted by molar-refractivity contribution is 5.87. The molecule has 1 heterocycles. The number of rotatable bonds is 7. The monoisotopic (exact) mass is 398 g/mol. The van der Waals surface area contributed by atoms with E-state index in [0.29, 0.717) is 26.1 Å². The van der Waals surface area contributed by atoms with Crippen LogP contribution >= 0.6 is 0 Å². The lowest BCUT2D eigenvalue weighted by atomic mass is 9.90. The van der Waals surface area contributed by atoms with Gasteiger partial charge in [0.1, 0.15) is 0 Å². The highest BCUT2D eigenvalue weighted by Gasteiger charge is 2.30. The number of hydrogen-bond acceptors (Lipinski definition) is 2. The Morgan fingerprint density at radius 3 is 1.97 bits per heavy atom. The van der Waals surface area contributed by atoms with Crippen LogP contribution in [0.4, 0.5) is 0 Å². The lowest BCUT2D eigenvalue weighted by molar-refractivity contribution is -0.128. The normalized spacial score (nSPS) is 16.1. The van der Waals surface area contributed by atoms with Crippen LogP contribution in [0.1, 0.15) is 29.0 Å². The summed E-state index contributed by atoms with van der Waals surface area (Å²) in [6.07, 6.45) is 0.481. The molecule has 3 aromatic carbocycles. The van der Waals surface area contributed by atoms with Gasteiger partial charge >= 0.3 is 0 Å². The van der Waals surface area contributed by atoms with E-state index < -0.39 is 0 Å². The Hall–Kier alpha value is -3.40. The summed E-state index contributed by atoms with van der Waals surface area (Å²) in [7, 11) is 0. The minimum atomic E-state index is -0.357. The van der Waals surface area contributed by atoms with Crippen LogP contribution in [-0.2, 0) is 16.1 Å². The molecule has 0 bridgehead atoms. The molecule has 4 nitrogen and oxygen atoms in total. The molecule has 0 saturated carbocycles. The van der Waals surface area contributed by atoms with Gasteiger partial charge in [0.15, 0.2) is 0 Å². The molecule has 1 aliphatic rings. The molecule has 0 aromatic heterocycles. The first-order chi connectivity index (χ1) is 14.7. The quantitative estimate of drug-likeness (QED) is 0.654. The van der Waals surface area contributed by atoms with Crippen LogP contribution in [0.15, 0.2) is 91.0 Å². The van der Waals surface area contributed by atoms with Crippen molar-refractivity contribution < 1.29 is 9.59 Å². The average Bonchev–Trinajstić information content (AvgIpc) is 3.14. The number of hydrogen-bond donors (Lipinski definition) is 1. The van der Waals surface area contributed by atoms with Crippen molar-refractivity contribution in [1.29, 1.82) is 0 Å². The van der Waals surface area contributed by atoms with E-state index in [1.807, 2.05) is 95.9 Å². The van der Waals surface area contributed by atoms with E-state index in [1.54, 1.807) is 0 Å². The molecule has 152 valence electrons. The van der Waals surface area contributed by atoms with Crippen molar-refractivity contribution in [2.45, 2.75) is 18.9 Å². The number of carbonyl (C=O) groups is 2. The van der Waals surface area contributed by atoms with Gasteiger partial charge in [-0.05, 0) is 16.7 Å². The van der Waals surface area contributed by atoms with Crippen LogP contribution in [0.2, 0.25) is 0 Å². The number of amides is 2. The van der Waals surface area contributed by atoms with E-state index in [1.165, 1.54) is 0 Å². The van der Waals surface area contributed by atoms with Gasteiger partial charge in [0.25, 0.3) is 0 Å². The summed E-state index contributed by atoms with van der Waals surface area (Å²) in [6, 6.07) is 29.7. The molecule has 1 aliphatic heterocycles. The van der Waals surface area contributed by atoms with Crippen LogP contribution in [0.25, 0.3) is 0 Å². The molecule has 0 spiro atoms. The molecule has 1 atom stereocenters. The molecule has 30 heavy (non-hydrogen) atoms. The molecule has 1 unspecified atom stereocenters. The van der Waals surface area contributed by atoms with Gasteiger partial charge < -0.3 is 10.2 Å². The largest absolute Gasteiger partial charge is 0.355 e. The highest BCUT2D eigenvalue weighted by Crippen LogP contribution is 2.25. The lowest BCUT2D eigenvalue weighted by Crippen LogP contribution is -2.35. The first kappa shape index (κ1) is 19.9. The molecule has 1 N–H and O–H groups in total. The maximum absolute atomic E-state index is 13.1. The minimum Gasteiger partial charge on any atom is -0.355 e. The van der Waals surface area contributed by atoms with Crippen LogP contribution in [0, 0.1) is 5.92 Å². The second kappa shape index (κ2) is 9.40. The zero-order valence-electron chi connectivity index (χ0n) is 16.9. The number of benzene rings is 3. The molecule has 0 radical (unpaired) electrons. The Balaban J connectivity index is 1.40.